The molecular formula is C15H21N3OS. The van der Waals surface area contributed by atoms with Crippen LogP contribution in [0.5, 0.6) is 0 Å². The molecule has 2 unspecified atom stereocenters. The number of hydrogen-bond acceptors (Lipinski definition) is 5. The van der Waals surface area contributed by atoms with Gasteiger partial charge < -0.3 is 10.4 Å². The molecule has 1 saturated carbocycles. The highest BCUT2D eigenvalue weighted by molar-refractivity contribution is 7.18. The van der Waals surface area contributed by atoms with Crippen molar-refractivity contribution in [3.05, 3.63) is 16.8 Å². The van der Waals surface area contributed by atoms with Crippen molar-refractivity contribution >= 4 is 27.4 Å². The number of aromatic nitrogens is 2. The molecule has 2 atom stereocenters. The Morgan fingerprint density at radius 2 is 2.25 bits per heavy atom. The molecule has 0 aromatic carbocycles. The van der Waals surface area contributed by atoms with Crippen LogP contribution in [0.1, 0.15) is 43.0 Å². The summed E-state index contributed by atoms with van der Waals surface area (Å²) < 4.78 is 0. The molecule has 5 heteroatoms. The van der Waals surface area contributed by atoms with Crippen molar-refractivity contribution in [3.8, 4) is 0 Å². The van der Waals surface area contributed by atoms with E-state index in [1.165, 1.54) is 15.8 Å². The van der Waals surface area contributed by atoms with Gasteiger partial charge in [-0.3, -0.25) is 0 Å². The second-order valence-corrected chi connectivity index (χ2v) is 6.76. The minimum absolute atomic E-state index is 0.173. The summed E-state index contributed by atoms with van der Waals surface area (Å²) >= 11 is 1.74. The summed E-state index contributed by atoms with van der Waals surface area (Å²) in [6.07, 6.45) is 6.39. The van der Waals surface area contributed by atoms with E-state index in [9.17, 15) is 5.11 Å². The van der Waals surface area contributed by atoms with Crippen LogP contribution in [-0.2, 0) is 6.42 Å². The van der Waals surface area contributed by atoms with E-state index < -0.39 is 0 Å². The first-order chi connectivity index (χ1) is 9.69. The molecule has 4 nitrogen and oxygen atoms in total. The molecule has 1 fully saturated rings. The molecule has 2 N–H and O–H groups in total. The summed E-state index contributed by atoms with van der Waals surface area (Å²) in [6.45, 7) is 4.33. The average Bonchev–Trinajstić information content (AvgIpc) is 2.75. The number of anilines is 1. The fraction of sp³-hybridized carbons (Fsp3) is 0.600. The Kier molecular flexibility index (Phi) is 3.89. The van der Waals surface area contributed by atoms with E-state index in [4.69, 9.17) is 0 Å². The van der Waals surface area contributed by atoms with Gasteiger partial charge >= 0.3 is 0 Å². The number of hydrogen-bond donors (Lipinski definition) is 2. The molecule has 108 valence electrons. The predicted molar refractivity (Wildman–Crippen MR) is 83.4 cm³/mol. The van der Waals surface area contributed by atoms with Crippen LogP contribution in [0.15, 0.2) is 6.33 Å². The third-order valence-corrected chi connectivity index (χ3v) is 5.19. The Morgan fingerprint density at radius 1 is 1.40 bits per heavy atom. The van der Waals surface area contributed by atoms with E-state index in [1.807, 2.05) is 0 Å². The van der Waals surface area contributed by atoms with Crippen LogP contribution in [-0.4, -0.2) is 27.2 Å². The van der Waals surface area contributed by atoms with E-state index in [0.717, 1.165) is 42.8 Å². The summed E-state index contributed by atoms with van der Waals surface area (Å²) in [5, 5.41) is 14.5. The first-order valence-corrected chi connectivity index (χ1v) is 8.18. The molecule has 0 saturated heterocycles. The summed E-state index contributed by atoms with van der Waals surface area (Å²) in [5.74, 6) is 0.940. The second-order valence-electron chi connectivity index (χ2n) is 5.55. The maximum absolute atomic E-state index is 9.81. The first-order valence-electron chi connectivity index (χ1n) is 7.36. The van der Waals surface area contributed by atoms with Crippen LogP contribution in [0.3, 0.4) is 0 Å². The molecule has 2 heterocycles. The summed E-state index contributed by atoms with van der Waals surface area (Å²) in [5.41, 5.74) is 1.35. The van der Waals surface area contributed by atoms with E-state index in [2.05, 4.69) is 29.1 Å². The fourth-order valence-electron chi connectivity index (χ4n) is 3.13. The van der Waals surface area contributed by atoms with Crippen LogP contribution in [0.4, 0.5) is 5.82 Å². The highest BCUT2D eigenvalue weighted by atomic mass is 32.1. The molecule has 0 amide bonds. The number of aliphatic hydroxyl groups is 1. The lowest BCUT2D eigenvalue weighted by atomic mass is 9.93. The van der Waals surface area contributed by atoms with E-state index in [-0.39, 0.29) is 6.10 Å². The lowest BCUT2D eigenvalue weighted by Crippen LogP contribution is -2.30. The molecule has 0 radical (unpaired) electrons. The van der Waals surface area contributed by atoms with Gasteiger partial charge in [0.25, 0.3) is 0 Å². The van der Waals surface area contributed by atoms with Crippen molar-refractivity contribution in [3.63, 3.8) is 0 Å². The number of aryl methyl sites for hydroxylation is 2. The highest BCUT2D eigenvalue weighted by Gasteiger charge is 2.22. The number of rotatable bonds is 3. The molecule has 3 rings (SSSR count). The van der Waals surface area contributed by atoms with Gasteiger partial charge in [0.1, 0.15) is 17.0 Å². The Morgan fingerprint density at radius 3 is 3.00 bits per heavy atom. The van der Waals surface area contributed by atoms with Crippen molar-refractivity contribution < 1.29 is 5.11 Å². The minimum Gasteiger partial charge on any atom is -0.393 e. The van der Waals surface area contributed by atoms with Crippen LogP contribution >= 0.6 is 11.3 Å². The molecule has 1 aliphatic rings. The molecule has 0 aliphatic heterocycles. The minimum atomic E-state index is -0.173. The van der Waals surface area contributed by atoms with E-state index in [0.29, 0.717) is 6.04 Å². The van der Waals surface area contributed by atoms with Crippen molar-refractivity contribution in [1.29, 1.82) is 0 Å². The largest absolute Gasteiger partial charge is 0.393 e. The zero-order valence-corrected chi connectivity index (χ0v) is 12.8. The quantitative estimate of drug-likeness (QED) is 0.911. The maximum atomic E-state index is 9.81. The topological polar surface area (TPSA) is 58.0 Å². The zero-order valence-electron chi connectivity index (χ0n) is 12.0. The van der Waals surface area contributed by atoms with Gasteiger partial charge in [-0.15, -0.1) is 11.3 Å². The summed E-state index contributed by atoms with van der Waals surface area (Å²) in [6, 6.07) is 0.321. The van der Waals surface area contributed by atoms with Gasteiger partial charge in [-0.25, -0.2) is 9.97 Å². The lowest BCUT2D eigenvalue weighted by Gasteiger charge is -2.27. The number of fused-ring (bicyclic) bond motifs is 1. The molecule has 0 bridgehead atoms. The number of nitrogens with zero attached hydrogens (tertiary/aromatic N) is 2. The second kappa shape index (κ2) is 5.66. The van der Waals surface area contributed by atoms with Gasteiger partial charge in [-0.1, -0.05) is 6.92 Å². The van der Waals surface area contributed by atoms with E-state index in [1.54, 1.807) is 17.7 Å². The van der Waals surface area contributed by atoms with Crippen molar-refractivity contribution in [2.45, 2.75) is 58.1 Å². The van der Waals surface area contributed by atoms with Gasteiger partial charge in [-0.05, 0) is 44.6 Å². The standard InChI is InChI=1S/C15H21N3OS/c1-3-12-9(2)20-15-13(12)14(16-8-17-15)18-10-5-4-6-11(19)7-10/h8,10-11,19H,3-7H2,1-2H3,(H,16,17,18). The molecule has 2 aromatic heterocycles. The third kappa shape index (κ3) is 2.52. The van der Waals surface area contributed by atoms with Crippen molar-refractivity contribution in [2.24, 2.45) is 0 Å². The Balaban J connectivity index is 1.94. The van der Waals surface area contributed by atoms with Crippen LogP contribution in [0.25, 0.3) is 10.2 Å². The molecule has 0 spiro atoms. The highest BCUT2D eigenvalue weighted by Crippen LogP contribution is 2.34. The zero-order chi connectivity index (χ0) is 14.1. The maximum Gasteiger partial charge on any atom is 0.138 e. The number of nitrogens with one attached hydrogen (secondary N) is 1. The van der Waals surface area contributed by atoms with Gasteiger partial charge in [0.2, 0.25) is 0 Å². The monoisotopic (exact) mass is 291 g/mol. The van der Waals surface area contributed by atoms with Gasteiger partial charge in [-0.2, -0.15) is 0 Å². The normalized spacial score (nSPS) is 23.1. The van der Waals surface area contributed by atoms with Crippen LogP contribution in [0.2, 0.25) is 0 Å². The average molecular weight is 291 g/mol. The summed E-state index contributed by atoms with van der Waals surface area (Å²) in [7, 11) is 0. The van der Waals surface area contributed by atoms with Crippen LogP contribution in [0, 0.1) is 6.92 Å². The first kappa shape index (κ1) is 13.8. The van der Waals surface area contributed by atoms with Crippen molar-refractivity contribution in [1.82, 2.24) is 9.97 Å². The third-order valence-electron chi connectivity index (χ3n) is 4.13. The predicted octanol–water partition coefficient (Wildman–Crippen LogP) is 3.28. The molecule has 20 heavy (non-hydrogen) atoms. The molecular weight excluding hydrogens is 270 g/mol. The van der Waals surface area contributed by atoms with Gasteiger partial charge in [0.15, 0.2) is 0 Å². The lowest BCUT2D eigenvalue weighted by molar-refractivity contribution is 0.124. The SMILES string of the molecule is CCc1c(C)sc2ncnc(NC3CCCC(O)C3)c12. The van der Waals surface area contributed by atoms with Gasteiger partial charge in [0.05, 0.1) is 11.5 Å². The fourth-order valence-corrected chi connectivity index (χ4v) is 4.21. The Bertz CT molecular complexity index is 610. The smallest absolute Gasteiger partial charge is 0.138 e. The number of aliphatic hydroxyl groups excluding tert-OH is 1. The van der Waals surface area contributed by atoms with Crippen LogP contribution < -0.4 is 5.32 Å². The Hall–Kier alpha value is -1.20. The summed E-state index contributed by atoms with van der Waals surface area (Å²) in [4.78, 5) is 11.2. The molecule has 1 aliphatic carbocycles. The number of thiophene rings is 1. The van der Waals surface area contributed by atoms with Crippen molar-refractivity contribution in [2.75, 3.05) is 5.32 Å². The Labute approximate surface area is 123 Å². The van der Waals surface area contributed by atoms with E-state index >= 15 is 0 Å². The van der Waals surface area contributed by atoms with Gasteiger partial charge in [0, 0.05) is 10.9 Å². The molecule has 2 aromatic rings.